The Balaban J connectivity index is 1.82. The lowest BCUT2D eigenvalue weighted by molar-refractivity contribution is 0.0813. The van der Waals surface area contributed by atoms with Crippen LogP contribution in [0.5, 0.6) is 0 Å². The molecule has 0 N–H and O–H groups in total. The molecule has 15 heavy (non-hydrogen) atoms. The van der Waals surface area contributed by atoms with E-state index in [1.165, 1.54) is 51.9 Å². The van der Waals surface area contributed by atoms with E-state index < -0.39 is 0 Å². The Morgan fingerprint density at radius 2 is 1.80 bits per heavy atom. The normalized spacial score (nSPS) is 35.6. The number of rotatable bonds is 2. The maximum atomic E-state index is 2.73. The van der Waals surface area contributed by atoms with Crippen LogP contribution in [0.4, 0.5) is 0 Å². The lowest BCUT2D eigenvalue weighted by Gasteiger charge is -2.41. The quantitative estimate of drug-likeness (QED) is 0.686. The summed E-state index contributed by atoms with van der Waals surface area (Å²) in [4.78, 5) is 5.18. The maximum absolute atomic E-state index is 2.73. The molecular weight excluding hydrogens is 184 g/mol. The SMILES string of the molecule is C[CH]C1CCC[C@@H](N2CCN(C)CC2)C1. The molecule has 2 heteroatoms. The van der Waals surface area contributed by atoms with Crippen LogP contribution in [0.2, 0.25) is 0 Å². The van der Waals surface area contributed by atoms with Crippen molar-refractivity contribution >= 4 is 0 Å². The highest BCUT2D eigenvalue weighted by Gasteiger charge is 2.27. The minimum Gasteiger partial charge on any atom is -0.304 e. The van der Waals surface area contributed by atoms with Gasteiger partial charge in [-0.1, -0.05) is 19.8 Å². The van der Waals surface area contributed by atoms with Gasteiger partial charge in [0.25, 0.3) is 0 Å². The molecule has 0 amide bonds. The maximum Gasteiger partial charge on any atom is 0.0113 e. The summed E-state index contributed by atoms with van der Waals surface area (Å²) in [6, 6.07) is 0.883. The van der Waals surface area contributed by atoms with Gasteiger partial charge in [0, 0.05) is 32.2 Å². The zero-order chi connectivity index (χ0) is 10.7. The summed E-state index contributed by atoms with van der Waals surface area (Å²) in [6.45, 7) is 7.33. The van der Waals surface area contributed by atoms with E-state index in [0.29, 0.717) is 0 Å². The van der Waals surface area contributed by atoms with Crippen LogP contribution >= 0.6 is 0 Å². The van der Waals surface area contributed by atoms with Crippen molar-refractivity contribution in [3.63, 3.8) is 0 Å². The highest BCUT2D eigenvalue weighted by molar-refractivity contribution is 4.86. The lowest BCUT2D eigenvalue weighted by Crippen LogP contribution is -2.50. The van der Waals surface area contributed by atoms with Gasteiger partial charge in [-0.2, -0.15) is 0 Å². The first-order valence-corrected chi connectivity index (χ1v) is 6.51. The van der Waals surface area contributed by atoms with E-state index in [4.69, 9.17) is 0 Å². The van der Waals surface area contributed by atoms with Crippen molar-refractivity contribution in [3.05, 3.63) is 6.42 Å². The van der Waals surface area contributed by atoms with E-state index in [9.17, 15) is 0 Å². The van der Waals surface area contributed by atoms with Crippen molar-refractivity contribution < 1.29 is 0 Å². The summed E-state index contributed by atoms with van der Waals surface area (Å²) in [5.74, 6) is 0.892. The molecule has 0 spiro atoms. The second-order valence-electron chi connectivity index (χ2n) is 5.25. The van der Waals surface area contributed by atoms with Gasteiger partial charge in [-0.15, -0.1) is 0 Å². The molecule has 2 fully saturated rings. The van der Waals surface area contributed by atoms with E-state index in [1.807, 2.05) is 0 Å². The first-order chi connectivity index (χ1) is 7.29. The molecule has 0 aromatic carbocycles. The molecule has 2 atom stereocenters. The molecule has 1 saturated carbocycles. The first-order valence-electron chi connectivity index (χ1n) is 6.51. The number of piperazine rings is 1. The van der Waals surface area contributed by atoms with Crippen molar-refractivity contribution in [2.24, 2.45) is 5.92 Å². The van der Waals surface area contributed by atoms with Crippen LogP contribution in [0.15, 0.2) is 0 Å². The Morgan fingerprint density at radius 3 is 2.47 bits per heavy atom. The molecule has 0 bridgehead atoms. The van der Waals surface area contributed by atoms with Crippen LogP contribution in [-0.4, -0.2) is 49.1 Å². The summed E-state index contributed by atoms with van der Waals surface area (Å²) in [5, 5.41) is 0. The van der Waals surface area contributed by atoms with E-state index in [1.54, 1.807) is 0 Å². The van der Waals surface area contributed by atoms with Gasteiger partial charge in [-0.3, -0.25) is 4.90 Å². The summed E-state index contributed by atoms with van der Waals surface area (Å²) in [5.41, 5.74) is 0. The number of hydrogen-bond donors (Lipinski definition) is 0. The summed E-state index contributed by atoms with van der Waals surface area (Å²) in [6.07, 6.45) is 8.14. The van der Waals surface area contributed by atoms with Gasteiger partial charge >= 0.3 is 0 Å². The average molecular weight is 209 g/mol. The van der Waals surface area contributed by atoms with Crippen LogP contribution < -0.4 is 0 Å². The molecule has 1 unspecified atom stereocenters. The topological polar surface area (TPSA) is 6.48 Å². The predicted octanol–water partition coefficient (Wildman–Crippen LogP) is 2.02. The Kier molecular flexibility index (Phi) is 4.04. The molecule has 1 heterocycles. The molecular formula is C13H25N2. The minimum atomic E-state index is 0.883. The van der Waals surface area contributed by atoms with Gasteiger partial charge in [-0.05, 0) is 32.2 Å². The van der Waals surface area contributed by atoms with Gasteiger partial charge in [0.2, 0.25) is 0 Å². The smallest absolute Gasteiger partial charge is 0.0113 e. The fourth-order valence-electron chi connectivity index (χ4n) is 3.02. The van der Waals surface area contributed by atoms with Gasteiger partial charge in [0.05, 0.1) is 0 Å². The van der Waals surface area contributed by atoms with Gasteiger partial charge in [0.1, 0.15) is 0 Å². The molecule has 2 aliphatic rings. The molecule has 0 aromatic heterocycles. The van der Waals surface area contributed by atoms with Crippen LogP contribution in [0, 0.1) is 12.3 Å². The Hall–Kier alpha value is -0.0800. The largest absolute Gasteiger partial charge is 0.304 e. The van der Waals surface area contributed by atoms with E-state index in [2.05, 4.69) is 30.2 Å². The molecule has 1 aliphatic heterocycles. The lowest BCUT2D eigenvalue weighted by atomic mass is 9.83. The van der Waals surface area contributed by atoms with Crippen LogP contribution in [0.25, 0.3) is 0 Å². The summed E-state index contributed by atoms with van der Waals surface area (Å²) >= 11 is 0. The second-order valence-corrected chi connectivity index (χ2v) is 5.25. The summed E-state index contributed by atoms with van der Waals surface area (Å²) in [7, 11) is 2.24. The zero-order valence-electron chi connectivity index (χ0n) is 10.3. The van der Waals surface area contributed by atoms with Crippen LogP contribution in [-0.2, 0) is 0 Å². The Morgan fingerprint density at radius 1 is 1.07 bits per heavy atom. The molecule has 1 aliphatic carbocycles. The fourth-order valence-corrected chi connectivity index (χ4v) is 3.02. The number of nitrogens with zero attached hydrogens (tertiary/aromatic N) is 2. The van der Waals surface area contributed by atoms with E-state index in [0.717, 1.165) is 12.0 Å². The molecule has 1 saturated heterocycles. The highest BCUT2D eigenvalue weighted by Crippen LogP contribution is 2.29. The van der Waals surface area contributed by atoms with Crippen LogP contribution in [0.1, 0.15) is 32.6 Å². The van der Waals surface area contributed by atoms with Crippen molar-refractivity contribution in [1.82, 2.24) is 9.80 Å². The molecule has 1 radical (unpaired) electrons. The van der Waals surface area contributed by atoms with Crippen molar-refractivity contribution in [1.29, 1.82) is 0 Å². The third-order valence-electron chi connectivity index (χ3n) is 4.21. The fraction of sp³-hybridized carbons (Fsp3) is 0.923. The van der Waals surface area contributed by atoms with Gasteiger partial charge in [-0.25, -0.2) is 0 Å². The van der Waals surface area contributed by atoms with Gasteiger partial charge in [0.15, 0.2) is 0 Å². The van der Waals surface area contributed by atoms with Crippen molar-refractivity contribution in [3.8, 4) is 0 Å². The molecule has 2 rings (SSSR count). The highest BCUT2D eigenvalue weighted by atomic mass is 15.3. The van der Waals surface area contributed by atoms with E-state index >= 15 is 0 Å². The molecule has 87 valence electrons. The summed E-state index contributed by atoms with van der Waals surface area (Å²) < 4.78 is 0. The van der Waals surface area contributed by atoms with Gasteiger partial charge < -0.3 is 4.90 Å². The number of likely N-dealkylation sites (N-methyl/N-ethyl adjacent to an activating group) is 1. The predicted molar refractivity (Wildman–Crippen MR) is 64.8 cm³/mol. The van der Waals surface area contributed by atoms with Crippen molar-refractivity contribution in [2.45, 2.75) is 38.6 Å². The minimum absolute atomic E-state index is 0.883. The van der Waals surface area contributed by atoms with E-state index in [-0.39, 0.29) is 0 Å². The van der Waals surface area contributed by atoms with Crippen LogP contribution in [0.3, 0.4) is 0 Å². The monoisotopic (exact) mass is 209 g/mol. The number of hydrogen-bond acceptors (Lipinski definition) is 2. The Bertz CT molecular complexity index is 185. The first kappa shape index (κ1) is 11.4. The zero-order valence-corrected chi connectivity index (χ0v) is 10.3. The Labute approximate surface area is 94.6 Å². The molecule has 0 aromatic rings. The molecule has 2 nitrogen and oxygen atoms in total. The second kappa shape index (κ2) is 5.31. The third kappa shape index (κ3) is 2.94. The average Bonchev–Trinajstić information content (AvgIpc) is 2.30. The van der Waals surface area contributed by atoms with Crippen molar-refractivity contribution in [2.75, 3.05) is 33.2 Å². The third-order valence-corrected chi connectivity index (χ3v) is 4.21. The standard InChI is InChI=1S/C13H25N2/c1-3-12-5-4-6-13(11-12)15-9-7-14(2)8-10-15/h3,12-13H,4-11H2,1-2H3/t12?,13-/m1/s1.